The summed E-state index contributed by atoms with van der Waals surface area (Å²) in [4.78, 5) is 13.4. The minimum atomic E-state index is 0.186. The fourth-order valence-electron chi connectivity index (χ4n) is 3.27. The number of hydrogen-bond donors (Lipinski definition) is 1. The third-order valence-corrected chi connectivity index (χ3v) is 4.61. The largest absolute Gasteiger partial charge is 0.343 e. The second kappa shape index (κ2) is 7.42. The molecule has 0 bridgehead atoms. The molecule has 0 atom stereocenters. The van der Waals surface area contributed by atoms with Crippen molar-refractivity contribution in [1.29, 1.82) is 0 Å². The molecule has 0 aliphatic carbocycles. The highest BCUT2D eigenvalue weighted by Crippen LogP contribution is 2.24. The van der Waals surface area contributed by atoms with Crippen LogP contribution in [0.1, 0.15) is 36.9 Å². The van der Waals surface area contributed by atoms with Crippen LogP contribution >= 0.6 is 0 Å². The summed E-state index contributed by atoms with van der Waals surface area (Å²) in [6, 6.07) is 21.8. The molecule has 0 aromatic heterocycles. The Morgan fingerprint density at radius 1 is 0.957 bits per heavy atom. The summed E-state index contributed by atoms with van der Waals surface area (Å²) in [7, 11) is 0. The Morgan fingerprint density at radius 2 is 1.43 bits per heavy atom. The van der Waals surface area contributed by atoms with Gasteiger partial charge in [-0.3, -0.25) is 4.79 Å². The van der Waals surface area contributed by atoms with Crippen LogP contribution in [0.15, 0.2) is 60.7 Å². The number of carbonyl (C=O) groups excluding carboxylic acids is 1. The van der Waals surface area contributed by atoms with Gasteiger partial charge < -0.3 is 10.2 Å². The van der Waals surface area contributed by atoms with Gasteiger partial charge in [0.2, 0.25) is 5.91 Å². The minimum Gasteiger partial charge on any atom is -0.343 e. The van der Waals surface area contributed by atoms with Crippen LogP contribution in [0, 0.1) is 0 Å². The molecule has 0 spiro atoms. The number of likely N-dealkylation sites (tertiary alicyclic amines) is 1. The van der Waals surface area contributed by atoms with E-state index in [0.717, 1.165) is 25.9 Å². The monoisotopic (exact) mass is 308 g/mol. The second-order valence-corrected chi connectivity index (χ2v) is 6.20. The van der Waals surface area contributed by atoms with Crippen molar-refractivity contribution < 1.29 is 4.79 Å². The van der Waals surface area contributed by atoms with Crippen LogP contribution in [0.4, 0.5) is 0 Å². The molecule has 3 heteroatoms. The molecule has 0 unspecified atom stereocenters. The molecule has 120 valence electrons. The molecule has 1 N–H and O–H groups in total. The topological polar surface area (TPSA) is 32.3 Å². The van der Waals surface area contributed by atoms with Gasteiger partial charge in [0.05, 0.1) is 6.04 Å². The lowest BCUT2D eigenvalue weighted by atomic mass is 9.95. The highest BCUT2D eigenvalue weighted by molar-refractivity contribution is 5.73. The summed E-state index contributed by atoms with van der Waals surface area (Å²) >= 11 is 0. The fourth-order valence-corrected chi connectivity index (χ4v) is 3.27. The SMILES string of the molecule is CC(=O)N1CCC(NC(c2ccccc2)c2ccccc2)CC1. The average molecular weight is 308 g/mol. The first-order valence-electron chi connectivity index (χ1n) is 8.35. The van der Waals surface area contributed by atoms with Crippen molar-refractivity contribution in [3.05, 3.63) is 71.8 Å². The van der Waals surface area contributed by atoms with E-state index in [0.29, 0.717) is 6.04 Å². The fraction of sp³-hybridized carbons (Fsp3) is 0.350. The zero-order valence-corrected chi connectivity index (χ0v) is 13.6. The van der Waals surface area contributed by atoms with Gasteiger partial charge in [-0.15, -0.1) is 0 Å². The molecule has 1 fully saturated rings. The van der Waals surface area contributed by atoms with E-state index >= 15 is 0 Å². The quantitative estimate of drug-likeness (QED) is 0.939. The molecule has 3 nitrogen and oxygen atoms in total. The van der Waals surface area contributed by atoms with Gasteiger partial charge in [-0.25, -0.2) is 0 Å². The van der Waals surface area contributed by atoms with Crippen LogP contribution in [-0.4, -0.2) is 29.9 Å². The second-order valence-electron chi connectivity index (χ2n) is 6.20. The molecule has 1 aliphatic rings. The van der Waals surface area contributed by atoms with Crippen LogP contribution in [0.3, 0.4) is 0 Å². The van der Waals surface area contributed by atoms with E-state index in [9.17, 15) is 4.79 Å². The van der Waals surface area contributed by atoms with Crippen molar-refractivity contribution in [2.75, 3.05) is 13.1 Å². The highest BCUT2D eigenvalue weighted by Gasteiger charge is 2.24. The average Bonchev–Trinajstić information content (AvgIpc) is 2.61. The van der Waals surface area contributed by atoms with E-state index in [-0.39, 0.29) is 11.9 Å². The molecule has 2 aromatic rings. The van der Waals surface area contributed by atoms with Crippen LogP contribution in [0.5, 0.6) is 0 Å². The maximum absolute atomic E-state index is 11.5. The summed E-state index contributed by atoms with van der Waals surface area (Å²) in [5.41, 5.74) is 2.57. The number of carbonyl (C=O) groups is 1. The zero-order valence-electron chi connectivity index (χ0n) is 13.6. The third kappa shape index (κ3) is 3.99. The van der Waals surface area contributed by atoms with Gasteiger partial charge in [0.1, 0.15) is 0 Å². The van der Waals surface area contributed by atoms with Gasteiger partial charge in [-0.05, 0) is 24.0 Å². The van der Waals surface area contributed by atoms with E-state index in [1.54, 1.807) is 6.92 Å². The van der Waals surface area contributed by atoms with Gasteiger partial charge in [-0.1, -0.05) is 60.7 Å². The van der Waals surface area contributed by atoms with Gasteiger partial charge in [0.15, 0.2) is 0 Å². The number of rotatable bonds is 4. The lowest BCUT2D eigenvalue weighted by molar-refractivity contribution is -0.129. The predicted molar refractivity (Wildman–Crippen MR) is 93.1 cm³/mol. The Labute approximate surface area is 138 Å². The summed E-state index contributed by atoms with van der Waals surface area (Å²) in [5, 5.41) is 3.81. The lowest BCUT2D eigenvalue weighted by Gasteiger charge is -2.34. The van der Waals surface area contributed by atoms with Gasteiger partial charge in [-0.2, -0.15) is 0 Å². The first-order valence-corrected chi connectivity index (χ1v) is 8.35. The molecular formula is C20H24N2O. The Hall–Kier alpha value is -2.13. The Morgan fingerprint density at radius 3 is 1.87 bits per heavy atom. The van der Waals surface area contributed by atoms with E-state index in [2.05, 4.69) is 66.0 Å². The molecule has 0 saturated carbocycles. The molecule has 1 heterocycles. The maximum atomic E-state index is 11.5. The van der Waals surface area contributed by atoms with Gasteiger partial charge in [0, 0.05) is 26.1 Å². The third-order valence-electron chi connectivity index (χ3n) is 4.61. The van der Waals surface area contributed by atoms with Crippen molar-refractivity contribution in [2.45, 2.75) is 31.8 Å². The number of hydrogen-bond acceptors (Lipinski definition) is 2. The number of benzene rings is 2. The van der Waals surface area contributed by atoms with E-state index in [4.69, 9.17) is 0 Å². The number of piperidine rings is 1. The Bertz CT molecular complexity index is 579. The smallest absolute Gasteiger partial charge is 0.219 e. The molecule has 1 amide bonds. The van der Waals surface area contributed by atoms with Crippen LogP contribution in [-0.2, 0) is 4.79 Å². The minimum absolute atomic E-state index is 0.186. The van der Waals surface area contributed by atoms with Crippen molar-refractivity contribution in [3.8, 4) is 0 Å². The Kier molecular flexibility index (Phi) is 5.09. The molecular weight excluding hydrogens is 284 g/mol. The Balaban J connectivity index is 1.74. The summed E-state index contributed by atoms with van der Waals surface area (Å²) in [6.07, 6.45) is 2.02. The molecule has 1 aliphatic heterocycles. The molecule has 2 aromatic carbocycles. The van der Waals surface area contributed by atoms with Crippen molar-refractivity contribution in [1.82, 2.24) is 10.2 Å². The van der Waals surface area contributed by atoms with Gasteiger partial charge >= 0.3 is 0 Å². The van der Waals surface area contributed by atoms with Gasteiger partial charge in [0.25, 0.3) is 0 Å². The predicted octanol–water partition coefficient (Wildman–Crippen LogP) is 3.38. The highest BCUT2D eigenvalue weighted by atomic mass is 16.2. The van der Waals surface area contributed by atoms with Crippen molar-refractivity contribution in [3.63, 3.8) is 0 Å². The standard InChI is InChI=1S/C20H24N2O/c1-16(23)22-14-12-19(13-15-22)21-20(17-8-4-2-5-9-17)18-10-6-3-7-11-18/h2-11,19-21H,12-15H2,1H3. The number of amides is 1. The van der Waals surface area contributed by atoms with Crippen molar-refractivity contribution in [2.24, 2.45) is 0 Å². The molecule has 1 saturated heterocycles. The number of nitrogens with zero attached hydrogens (tertiary/aromatic N) is 1. The first-order chi connectivity index (χ1) is 11.2. The summed E-state index contributed by atoms with van der Waals surface area (Å²) in [5.74, 6) is 0.186. The molecule has 3 rings (SSSR count). The first kappa shape index (κ1) is 15.8. The number of nitrogens with one attached hydrogen (secondary N) is 1. The lowest BCUT2D eigenvalue weighted by Crippen LogP contribution is -2.45. The van der Waals surface area contributed by atoms with Crippen molar-refractivity contribution >= 4 is 5.91 Å². The van der Waals surface area contributed by atoms with E-state index < -0.39 is 0 Å². The molecule has 23 heavy (non-hydrogen) atoms. The van der Waals surface area contributed by atoms with E-state index in [1.165, 1.54) is 11.1 Å². The normalized spacial score (nSPS) is 15.8. The van der Waals surface area contributed by atoms with E-state index in [1.807, 2.05) is 4.90 Å². The maximum Gasteiger partial charge on any atom is 0.219 e. The summed E-state index contributed by atoms with van der Waals surface area (Å²) < 4.78 is 0. The van der Waals surface area contributed by atoms with Crippen LogP contribution in [0.2, 0.25) is 0 Å². The zero-order chi connectivity index (χ0) is 16.1. The molecule has 0 radical (unpaired) electrons. The van der Waals surface area contributed by atoms with Crippen LogP contribution < -0.4 is 5.32 Å². The van der Waals surface area contributed by atoms with Crippen LogP contribution in [0.25, 0.3) is 0 Å². The summed E-state index contributed by atoms with van der Waals surface area (Å²) in [6.45, 7) is 3.36.